The van der Waals surface area contributed by atoms with Crippen LogP contribution < -0.4 is 5.32 Å². The molecule has 0 spiro atoms. The number of thiophene rings is 1. The van der Waals surface area contributed by atoms with Crippen LogP contribution in [0.1, 0.15) is 6.99 Å². The fourth-order valence-electron chi connectivity index (χ4n) is 2.92. The number of amides is 1. The Bertz CT molecular complexity index is 1030. The quantitative estimate of drug-likeness (QED) is 0.538. The second kappa shape index (κ2) is 6.87. The first-order valence-corrected chi connectivity index (χ1v) is 8.94. The minimum absolute atomic E-state index is 0. The van der Waals surface area contributed by atoms with Crippen molar-refractivity contribution in [2.45, 2.75) is 6.42 Å². The highest BCUT2D eigenvalue weighted by atomic mass is 32.1. The number of aromatic nitrogens is 1. The molecule has 0 aliphatic carbocycles. The van der Waals surface area contributed by atoms with Crippen LogP contribution in [0.15, 0.2) is 78.3 Å². The Morgan fingerprint density at radius 1 is 1.00 bits per heavy atom. The van der Waals surface area contributed by atoms with Gasteiger partial charge in [-0.25, -0.2) is 0 Å². The second-order valence-electron chi connectivity index (χ2n) is 5.74. The van der Waals surface area contributed by atoms with Crippen molar-refractivity contribution >= 4 is 33.7 Å². The van der Waals surface area contributed by atoms with E-state index in [4.69, 9.17) is 0 Å². The van der Waals surface area contributed by atoms with Crippen LogP contribution in [-0.2, 0) is 11.2 Å². The van der Waals surface area contributed by atoms with Gasteiger partial charge in [-0.3, -0.25) is 9.78 Å². The summed E-state index contributed by atoms with van der Waals surface area (Å²) in [6, 6.07) is 21.9. The average Bonchev–Trinajstić information content (AvgIpc) is 3.11. The Kier molecular flexibility index (Phi) is 4.27. The van der Waals surface area contributed by atoms with Crippen LogP contribution in [0.3, 0.4) is 0 Å². The molecule has 4 heteroatoms. The fraction of sp³-hybridized carbons (Fsp3) is 0.0476. The summed E-state index contributed by atoms with van der Waals surface area (Å²) in [6.45, 7) is 0. The number of benzene rings is 2. The molecular formula is C21H18N2OS. The van der Waals surface area contributed by atoms with Crippen LogP contribution >= 0.6 is 11.3 Å². The summed E-state index contributed by atoms with van der Waals surface area (Å²) < 4.78 is 0. The molecule has 25 heavy (non-hydrogen) atoms. The van der Waals surface area contributed by atoms with Gasteiger partial charge >= 0.3 is 0 Å². The zero-order valence-corrected chi connectivity index (χ0v) is 14.3. The van der Waals surface area contributed by atoms with E-state index < -0.39 is 0 Å². The fourth-order valence-corrected chi connectivity index (χ4v) is 3.74. The highest BCUT2D eigenvalue weighted by Gasteiger charge is 2.12. The number of nitrogens with zero attached hydrogens (tertiary/aromatic N) is 1. The molecule has 0 bridgehead atoms. The third-order valence-electron chi connectivity index (χ3n) is 4.07. The van der Waals surface area contributed by atoms with Gasteiger partial charge in [-0.15, -0.1) is 11.3 Å². The van der Waals surface area contributed by atoms with Gasteiger partial charge < -0.3 is 5.32 Å². The molecule has 1 N–H and O–H groups in total. The van der Waals surface area contributed by atoms with Crippen molar-refractivity contribution < 1.29 is 6.22 Å². The van der Waals surface area contributed by atoms with Crippen molar-refractivity contribution in [2.24, 2.45) is 0 Å². The highest BCUT2D eigenvalue weighted by Crippen LogP contribution is 2.32. The molecule has 0 unspecified atom stereocenters. The molecule has 0 saturated heterocycles. The first-order valence-electron chi connectivity index (χ1n) is 8.06. The number of anilines is 1. The molecule has 2 aromatic carbocycles. The van der Waals surface area contributed by atoms with Crippen LogP contribution in [0.5, 0.6) is 0 Å². The molecule has 2 heterocycles. The summed E-state index contributed by atoms with van der Waals surface area (Å²) in [6.07, 6.45) is 2.11. The van der Waals surface area contributed by atoms with E-state index >= 15 is 0 Å². The molecule has 0 aliphatic heterocycles. The Morgan fingerprint density at radius 3 is 2.72 bits per heavy atom. The number of carbonyl (C=O) groups excluding carboxylic acids is 1. The molecule has 3 nitrogen and oxygen atoms in total. The highest BCUT2D eigenvalue weighted by molar-refractivity contribution is 7.14. The summed E-state index contributed by atoms with van der Waals surface area (Å²) in [5.74, 6) is -0.0214. The Balaban J connectivity index is 0.00000196. The summed E-state index contributed by atoms with van der Waals surface area (Å²) in [7, 11) is 0. The van der Waals surface area contributed by atoms with E-state index in [0.29, 0.717) is 6.42 Å². The van der Waals surface area contributed by atoms with E-state index in [9.17, 15) is 4.79 Å². The minimum Gasteiger partial charge on any atom is -0.324 e. The summed E-state index contributed by atoms with van der Waals surface area (Å²) >= 11 is 1.58. The van der Waals surface area contributed by atoms with Crippen LogP contribution in [0, 0.1) is 0 Å². The van der Waals surface area contributed by atoms with E-state index in [1.165, 1.54) is 0 Å². The summed E-state index contributed by atoms with van der Waals surface area (Å²) in [5.41, 5.74) is 2.72. The number of hydrogen-bond donors (Lipinski definition) is 1. The minimum atomic E-state index is -0.0214. The first kappa shape index (κ1) is 15.5. The lowest BCUT2D eigenvalue weighted by atomic mass is 10.0. The van der Waals surface area contributed by atoms with E-state index in [1.807, 2.05) is 53.9 Å². The van der Waals surface area contributed by atoms with Gasteiger partial charge in [0.25, 0.3) is 0 Å². The molecule has 1 amide bonds. The SMILES string of the molecule is O=C(Cc1cccc2ccccc12)Nc1ccsc1-c1ccccn1.[HH]. The Labute approximate surface area is 151 Å². The average molecular weight is 346 g/mol. The number of nitrogens with one attached hydrogen (secondary N) is 1. The van der Waals surface area contributed by atoms with Crippen LogP contribution in [0.25, 0.3) is 21.3 Å². The van der Waals surface area contributed by atoms with Gasteiger partial charge in [-0.05, 0) is 39.9 Å². The largest absolute Gasteiger partial charge is 0.324 e. The molecule has 0 saturated carbocycles. The van der Waals surface area contributed by atoms with E-state index in [1.54, 1.807) is 17.5 Å². The lowest BCUT2D eigenvalue weighted by Crippen LogP contribution is -2.14. The molecule has 4 aromatic rings. The zero-order chi connectivity index (χ0) is 17.1. The van der Waals surface area contributed by atoms with Crippen molar-refractivity contribution in [3.63, 3.8) is 0 Å². The number of carbonyl (C=O) groups is 1. The van der Waals surface area contributed by atoms with Crippen molar-refractivity contribution in [3.8, 4) is 10.6 Å². The van der Waals surface area contributed by atoms with Gasteiger partial charge in [0.1, 0.15) is 0 Å². The molecule has 4 rings (SSSR count). The molecule has 2 aromatic heterocycles. The predicted molar refractivity (Wildman–Crippen MR) is 106 cm³/mol. The van der Waals surface area contributed by atoms with E-state index in [-0.39, 0.29) is 7.33 Å². The Hall–Kier alpha value is -2.98. The summed E-state index contributed by atoms with van der Waals surface area (Å²) in [5, 5.41) is 7.27. The smallest absolute Gasteiger partial charge is 0.228 e. The topological polar surface area (TPSA) is 42.0 Å². The maximum absolute atomic E-state index is 12.6. The van der Waals surface area contributed by atoms with Crippen molar-refractivity contribution in [1.29, 1.82) is 0 Å². The predicted octanol–water partition coefficient (Wildman–Crippen LogP) is 5.39. The maximum atomic E-state index is 12.6. The third kappa shape index (κ3) is 3.30. The summed E-state index contributed by atoms with van der Waals surface area (Å²) in [4.78, 5) is 17.9. The molecule has 0 atom stereocenters. The van der Waals surface area contributed by atoms with Crippen molar-refractivity contribution in [1.82, 2.24) is 4.98 Å². The standard InChI is InChI=1S/C21H16N2OS.H2/c24-20(14-16-8-5-7-15-6-1-2-9-17(15)16)23-19-11-13-25-21(19)18-10-3-4-12-22-18;/h1-13H,14H2,(H,23,24);1H. The zero-order valence-electron chi connectivity index (χ0n) is 13.5. The van der Waals surface area contributed by atoms with Gasteiger partial charge in [0.15, 0.2) is 0 Å². The molecule has 124 valence electrons. The van der Waals surface area contributed by atoms with Crippen LogP contribution in [0.4, 0.5) is 5.69 Å². The van der Waals surface area contributed by atoms with Gasteiger partial charge in [-0.2, -0.15) is 0 Å². The van der Waals surface area contributed by atoms with Gasteiger partial charge in [0.05, 0.1) is 22.7 Å². The number of fused-ring (bicyclic) bond motifs is 1. The molecular weight excluding hydrogens is 328 g/mol. The van der Waals surface area contributed by atoms with Gasteiger partial charge in [0.2, 0.25) is 5.91 Å². The van der Waals surface area contributed by atoms with Crippen LogP contribution in [0.2, 0.25) is 0 Å². The lowest BCUT2D eigenvalue weighted by molar-refractivity contribution is -0.115. The first-order chi connectivity index (χ1) is 12.3. The molecule has 0 radical (unpaired) electrons. The van der Waals surface area contributed by atoms with E-state index in [0.717, 1.165) is 32.6 Å². The lowest BCUT2D eigenvalue weighted by Gasteiger charge is -2.08. The van der Waals surface area contributed by atoms with Gasteiger partial charge in [0, 0.05) is 7.62 Å². The normalized spacial score (nSPS) is 10.7. The van der Waals surface area contributed by atoms with Crippen molar-refractivity contribution in [3.05, 3.63) is 83.9 Å². The molecule has 0 aliphatic rings. The second-order valence-corrected chi connectivity index (χ2v) is 6.66. The maximum Gasteiger partial charge on any atom is 0.228 e. The number of hydrogen-bond acceptors (Lipinski definition) is 3. The number of pyridine rings is 1. The van der Waals surface area contributed by atoms with Crippen molar-refractivity contribution in [2.75, 3.05) is 5.32 Å². The Morgan fingerprint density at radius 2 is 1.84 bits per heavy atom. The third-order valence-corrected chi connectivity index (χ3v) is 5.00. The van der Waals surface area contributed by atoms with E-state index in [2.05, 4.69) is 28.5 Å². The monoisotopic (exact) mass is 346 g/mol. The number of rotatable bonds is 4. The van der Waals surface area contributed by atoms with Gasteiger partial charge in [-0.1, -0.05) is 48.5 Å². The molecule has 0 fully saturated rings. The van der Waals surface area contributed by atoms with Crippen LogP contribution in [-0.4, -0.2) is 10.9 Å².